The molecule has 5 N–H and O–H groups in total. The van der Waals surface area contributed by atoms with Crippen LogP contribution in [0.5, 0.6) is 23.1 Å². The van der Waals surface area contributed by atoms with Crippen molar-refractivity contribution in [1.82, 2.24) is 15.3 Å². The molecule has 0 saturated heterocycles. The molecule has 1 heterocycles. The lowest BCUT2D eigenvalue weighted by molar-refractivity contribution is -0.138. The smallest absolute Gasteiger partial charge is 0.319 e. The highest BCUT2D eigenvalue weighted by Gasteiger charge is 2.19. The summed E-state index contributed by atoms with van der Waals surface area (Å²) in [5, 5.41) is 34.8. The first kappa shape index (κ1) is 29.7. The standard InChI is InChI=1S/C26H31ClN4O8/c1-3-6-28-26(36)31-20-5-4-17(9-19(20)27)39-25-18-10-23(22(37-2)11-21(18)29-14-30-25)38-13-16(33)7-15(12-32)8-24(34)35/h4-5,9-11,14-16,32-33H,3,6-8,12-13H2,1-2H3,(H,34,35)(H2,28,31,36)/t15-,16+/m1/s1. The molecule has 3 aromatic rings. The zero-order valence-electron chi connectivity index (χ0n) is 21.5. The maximum Gasteiger partial charge on any atom is 0.319 e. The van der Waals surface area contributed by atoms with Gasteiger partial charge >= 0.3 is 12.0 Å². The Balaban J connectivity index is 1.78. The number of aliphatic carboxylic acids is 1. The third kappa shape index (κ3) is 8.57. The van der Waals surface area contributed by atoms with Crippen LogP contribution in [0.3, 0.4) is 0 Å². The molecular weight excluding hydrogens is 532 g/mol. The van der Waals surface area contributed by atoms with Crippen molar-refractivity contribution in [2.45, 2.75) is 32.3 Å². The number of benzene rings is 2. The maximum absolute atomic E-state index is 11.9. The predicted octanol–water partition coefficient (Wildman–Crippen LogP) is 3.83. The Labute approximate surface area is 229 Å². The molecule has 12 nitrogen and oxygen atoms in total. The first-order valence-electron chi connectivity index (χ1n) is 12.2. The summed E-state index contributed by atoms with van der Waals surface area (Å²) in [7, 11) is 1.46. The van der Waals surface area contributed by atoms with Crippen LogP contribution in [0.25, 0.3) is 10.9 Å². The minimum atomic E-state index is -1.06. The van der Waals surface area contributed by atoms with Crippen molar-refractivity contribution in [3.63, 3.8) is 0 Å². The normalized spacial score (nSPS) is 12.4. The van der Waals surface area contributed by atoms with Crippen LogP contribution in [-0.2, 0) is 4.79 Å². The van der Waals surface area contributed by atoms with E-state index in [-0.39, 0.29) is 48.7 Å². The van der Waals surface area contributed by atoms with Gasteiger partial charge in [0.25, 0.3) is 0 Å². The van der Waals surface area contributed by atoms with Gasteiger partial charge in [-0.25, -0.2) is 14.8 Å². The molecule has 2 aromatic carbocycles. The van der Waals surface area contributed by atoms with Gasteiger partial charge in [-0.1, -0.05) is 18.5 Å². The van der Waals surface area contributed by atoms with Gasteiger partial charge in [0, 0.05) is 25.3 Å². The number of nitrogens with one attached hydrogen (secondary N) is 2. The Hall–Kier alpha value is -3.87. The number of amides is 2. The van der Waals surface area contributed by atoms with E-state index >= 15 is 0 Å². The summed E-state index contributed by atoms with van der Waals surface area (Å²) in [6.45, 7) is 1.95. The summed E-state index contributed by atoms with van der Waals surface area (Å²) in [4.78, 5) is 31.3. The molecule has 2 atom stereocenters. The first-order valence-corrected chi connectivity index (χ1v) is 12.6. The van der Waals surface area contributed by atoms with E-state index in [9.17, 15) is 19.8 Å². The molecule has 0 saturated carbocycles. The summed E-state index contributed by atoms with van der Waals surface area (Å²) in [5.41, 5.74) is 0.916. The summed E-state index contributed by atoms with van der Waals surface area (Å²) < 4.78 is 17.1. The largest absolute Gasteiger partial charge is 0.493 e. The molecule has 1 aromatic heterocycles. The van der Waals surface area contributed by atoms with Crippen LogP contribution in [0.1, 0.15) is 26.2 Å². The number of anilines is 1. The summed E-state index contributed by atoms with van der Waals surface area (Å²) in [5.74, 6) is -0.474. The molecule has 0 fully saturated rings. The second-order valence-corrected chi connectivity index (χ2v) is 9.08. The fourth-order valence-electron chi connectivity index (χ4n) is 3.68. The van der Waals surface area contributed by atoms with Gasteiger partial charge in [-0.15, -0.1) is 0 Å². The minimum absolute atomic E-state index is 0.0437. The van der Waals surface area contributed by atoms with Gasteiger partial charge < -0.3 is 40.2 Å². The van der Waals surface area contributed by atoms with E-state index in [2.05, 4.69) is 20.6 Å². The van der Waals surface area contributed by atoms with Gasteiger partial charge in [0.1, 0.15) is 18.7 Å². The molecular formula is C26H31ClN4O8. The van der Waals surface area contributed by atoms with Crippen LogP contribution in [0.4, 0.5) is 10.5 Å². The van der Waals surface area contributed by atoms with Crippen molar-refractivity contribution in [1.29, 1.82) is 0 Å². The van der Waals surface area contributed by atoms with Crippen molar-refractivity contribution in [2.24, 2.45) is 5.92 Å². The van der Waals surface area contributed by atoms with Crippen molar-refractivity contribution >= 4 is 40.2 Å². The number of aromatic nitrogens is 2. The Bertz CT molecular complexity index is 1290. The van der Waals surface area contributed by atoms with E-state index in [4.69, 9.17) is 30.9 Å². The molecule has 0 spiro atoms. The van der Waals surface area contributed by atoms with Crippen molar-refractivity contribution in [2.75, 3.05) is 32.2 Å². The van der Waals surface area contributed by atoms with Crippen LogP contribution >= 0.6 is 11.6 Å². The number of aliphatic hydroxyl groups excluding tert-OH is 2. The Morgan fingerprint density at radius 3 is 2.62 bits per heavy atom. The number of carbonyl (C=O) groups is 2. The molecule has 13 heteroatoms. The Morgan fingerprint density at radius 2 is 1.95 bits per heavy atom. The van der Waals surface area contributed by atoms with Crippen LogP contribution in [0.15, 0.2) is 36.7 Å². The first-order chi connectivity index (χ1) is 18.7. The molecule has 0 aliphatic heterocycles. The quantitative estimate of drug-likeness (QED) is 0.194. The zero-order valence-corrected chi connectivity index (χ0v) is 22.3. The minimum Gasteiger partial charge on any atom is -0.493 e. The van der Waals surface area contributed by atoms with Crippen molar-refractivity contribution in [3.8, 4) is 23.1 Å². The number of rotatable bonds is 14. The molecule has 0 aliphatic carbocycles. The van der Waals surface area contributed by atoms with E-state index < -0.39 is 18.0 Å². The number of methoxy groups -OCH3 is 1. The third-order valence-electron chi connectivity index (χ3n) is 5.58. The Morgan fingerprint density at radius 1 is 1.15 bits per heavy atom. The zero-order chi connectivity index (χ0) is 28.4. The SMILES string of the molecule is CCCNC(=O)Nc1ccc(Oc2ncnc3cc(OC)c(OC[C@@H](O)C[C@@H](CO)CC(=O)O)cc23)cc1Cl. The molecule has 210 valence electrons. The molecule has 0 aliphatic rings. The number of aliphatic hydroxyl groups is 2. The van der Waals surface area contributed by atoms with Gasteiger partial charge in [-0.05, 0) is 37.0 Å². The number of hydrogen-bond acceptors (Lipinski definition) is 9. The van der Waals surface area contributed by atoms with Gasteiger partial charge in [-0.2, -0.15) is 0 Å². The summed E-state index contributed by atoms with van der Waals surface area (Å²) >= 11 is 6.34. The number of nitrogens with zero attached hydrogens (tertiary/aromatic N) is 2. The lowest BCUT2D eigenvalue weighted by Gasteiger charge is -2.18. The van der Waals surface area contributed by atoms with Crippen LogP contribution in [0.2, 0.25) is 5.02 Å². The van der Waals surface area contributed by atoms with Gasteiger partial charge in [-0.3, -0.25) is 4.79 Å². The number of halogens is 1. The molecule has 0 unspecified atom stereocenters. The predicted molar refractivity (Wildman–Crippen MR) is 144 cm³/mol. The summed E-state index contributed by atoms with van der Waals surface area (Å²) in [6.07, 6.45) is 0.883. The maximum atomic E-state index is 11.9. The second-order valence-electron chi connectivity index (χ2n) is 8.67. The number of fused-ring (bicyclic) bond motifs is 1. The second kappa shape index (κ2) is 14.3. The van der Waals surface area contributed by atoms with E-state index in [0.717, 1.165) is 6.42 Å². The average molecular weight is 563 g/mol. The molecule has 0 bridgehead atoms. The van der Waals surface area contributed by atoms with Crippen molar-refractivity contribution < 1.29 is 39.1 Å². The highest BCUT2D eigenvalue weighted by atomic mass is 35.5. The number of carbonyl (C=O) groups excluding carboxylic acids is 1. The van der Waals surface area contributed by atoms with E-state index in [1.807, 2.05) is 6.92 Å². The van der Waals surface area contributed by atoms with Gasteiger partial charge in [0.05, 0.1) is 41.2 Å². The Kier molecular flexibility index (Phi) is 10.9. The molecule has 3 rings (SSSR count). The fraction of sp³-hybridized carbons (Fsp3) is 0.385. The van der Waals surface area contributed by atoms with Crippen molar-refractivity contribution in [3.05, 3.63) is 41.7 Å². The molecule has 2 amide bonds. The van der Waals surface area contributed by atoms with Crippen LogP contribution in [0, 0.1) is 5.92 Å². The van der Waals surface area contributed by atoms with E-state index in [1.165, 1.54) is 19.5 Å². The number of carboxylic acids is 1. The lowest BCUT2D eigenvalue weighted by Crippen LogP contribution is -2.29. The average Bonchev–Trinajstić information content (AvgIpc) is 2.91. The lowest BCUT2D eigenvalue weighted by atomic mass is 9.99. The highest BCUT2D eigenvalue weighted by Crippen LogP contribution is 2.37. The molecule has 0 radical (unpaired) electrons. The number of ether oxygens (including phenoxy) is 3. The van der Waals surface area contributed by atoms with E-state index in [1.54, 1.807) is 24.3 Å². The summed E-state index contributed by atoms with van der Waals surface area (Å²) in [6, 6.07) is 7.64. The third-order valence-corrected chi connectivity index (χ3v) is 5.89. The molecule has 39 heavy (non-hydrogen) atoms. The fourth-order valence-corrected chi connectivity index (χ4v) is 3.90. The number of hydrogen-bond donors (Lipinski definition) is 5. The highest BCUT2D eigenvalue weighted by molar-refractivity contribution is 6.33. The van der Waals surface area contributed by atoms with Crippen LogP contribution in [-0.4, -0.2) is 70.3 Å². The number of urea groups is 1. The van der Waals surface area contributed by atoms with Crippen LogP contribution < -0.4 is 24.8 Å². The van der Waals surface area contributed by atoms with Gasteiger partial charge in [0.2, 0.25) is 5.88 Å². The number of carboxylic acid groups (broad SMARTS) is 1. The topological polar surface area (TPSA) is 172 Å². The monoisotopic (exact) mass is 562 g/mol. The van der Waals surface area contributed by atoms with E-state index in [0.29, 0.717) is 34.6 Å². The van der Waals surface area contributed by atoms with Gasteiger partial charge in [0.15, 0.2) is 11.5 Å².